The molecule has 1 aromatic rings. The summed E-state index contributed by atoms with van der Waals surface area (Å²) in [6.45, 7) is 0. The van der Waals surface area contributed by atoms with Gasteiger partial charge in [-0.25, -0.2) is 4.79 Å². The number of nitrogens with zero attached hydrogens (tertiary/aromatic N) is 1. The molecule has 1 rings (SSSR count). The predicted molar refractivity (Wildman–Crippen MR) is 51.9 cm³/mol. The van der Waals surface area contributed by atoms with Gasteiger partial charge in [-0.1, -0.05) is 6.07 Å². The summed E-state index contributed by atoms with van der Waals surface area (Å²) in [5, 5.41) is 0. The molecule has 0 fully saturated rings. The average molecular weight is 313 g/mol. The third-order valence-electron chi connectivity index (χ3n) is 1.44. The second-order valence-corrected chi connectivity index (χ2v) is 3.50. The number of carbonyl (C=O) groups excluding carboxylic acids is 1. The fourth-order valence-electron chi connectivity index (χ4n) is 0.936. The van der Waals surface area contributed by atoms with Crippen LogP contribution in [0.25, 0.3) is 0 Å². The Morgan fingerprint density at radius 2 is 2.00 bits per heavy atom. The van der Waals surface area contributed by atoms with E-state index >= 15 is 0 Å². The molecule has 1 aromatic carbocycles. The number of rotatable bonds is 1. The van der Waals surface area contributed by atoms with Crippen molar-refractivity contribution >= 4 is 34.4 Å². The van der Waals surface area contributed by atoms with Crippen LogP contribution in [-0.4, -0.2) is 6.08 Å². The van der Waals surface area contributed by atoms with E-state index in [0.29, 0.717) is 0 Å². The summed E-state index contributed by atoms with van der Waals surface area (Å²) in [7, 11) is 0. The summed E-state index contributed by atoms with van der Waals surface area (Å²) in [6, 6.07) is 3.82. The zero-order valence-electron chi connectivity index (χ0n) is 6.60. The third-order valence-corrected chi connectivity index (χ3v) is 2.34. The normalized spacial score (nSPS) is 10.9. The summed E-state index contributed by atoms with van der Waals surface area (Å²) >= 11 is 1.54. The summed E-state index contributed by atoms with van der Waals surface area (Å²) < 4.78 is 37.3. The molecule has 0 heterocycles. The maximum Gasteiger partial charge on any atom is 0.419 e. The van der Waals surface area contributed by atoms with E-state index in [1.54, 1.807) is 22.6 Å². The van der Waals surface area contributed by atoms with Crippen LogP contribution in [0, 0.1) is 3.57 Å². The molecule has 0 saturated carbocycles. The van der Waals surface area contributed by atoms with E-state index in [1.165, 1.54) is 12.1 Å². The van der Waals surface area contributed by atoms with Crippen molar-refractivity contribution in [3.8, 4) is 0 Å². The van der Waals surface area contributed by atoms with Crippen LogP contribution < -0.4 is 0 Å². The van der Waals surface area contributed by atoms with Crippen molar-refractivity contribution < 1.29 is 18.0 Å². The SMILES string of the molecule is O=C=Nc1cccc(I)c1C(F)(F)F. The molecule has 0 amide bonds. The highest BCUT2D eigenvalue weighted by molar-refractivity contribution is 14.1. The molecule has 0 aliphatic heterocycles. The second kappa shape index (κ2) is 4.10. The molecule has 0 atom stereocenters. The van der Waals surface area contributed by atoms with Crippen molar-refractivity contribution in [2.24, 2.45) is 4.99 Å². The van der Waals surface area contributed by atoms with Crippen molar-refractivity contribution in [3.05, 3.63) is 27.3 Å². The van der Waals surface area contributed by atoms with Crippen molar-refractivity contribution in [2.75, 3.05) is 0 Å². The summed E-state index contributed by atoms with van der Waals surface area (Å²) in [5.74, 6) is 0. The molecule has 0 spiro atoms. The van der Waals surface area contributed by atoms with Gasteiger partial charge < -0.3 is 0 Å². The van der Waals surface area contributed by atoms with Gasteiger partial charge in [0.05, 0.1) is 11.3 Å². The van der Waals surface area contributed by atoms with Crippen LogP contribution in [0.5, 0.6) is 0 Å². The lowest BCUT2D eigenvalue weighted by Gasteiger charge is -2.10. The number of halogens is 4. The molecule has 0 aliphatic carbocycles. The third kappa shape index (κ3) is 2.33. The summed E-state index contributed by atoms with van der Waals surface area (Å²) in [6.07, 6.45) is -3.41. The van der Waals surface area contributed by atoms with E-state index in [2.05, 4.69) is 4.99 Å². The van der Waals surface area contributed by atoms with Crippen LogP contribution in [0.15, 0.2) is 23.2 Å². The largest absolute Gasteiger partial charge is 0.419 e. The van der Waals surface area contributed by atoms with E-state index in [-0.39, 0.29) is 3.57 Å². The maximum atomic E-state index is 12.4. The Bertz CT molecular complexity index is 396. The first-order chi connectivity index (χ1) is 6.46. The number of hydrogen-bond donors (Lipinski definition) is 0. The Morgan fingerprint density at radius 3 is 2.50 bits per heavy atom. The standard InChI is InChI=1S/C8H3F3INO/c9-8(10,11)7-5(12)2-1-3-6(7)13-4-14/h1-3H. The molecule has 0 unspecified atom stereocenters. The Morgan fingerprint density at radius 1 is 1.36 bits per heavy atom. The number of aliphatic imine (C=N–C) groups is 1. The maximum absolute atomic E-state index is 12.4. The van der Waals surface area contributed by atoms with Crippen molar-refractivity contribution in [1.29, 1.82) is 0 Å². The molecular weight excluding hydrogens is 310 g/mol. The first-order valence-electron chi connectivity index (χ1n) is 3.40. The van der Waals surface area contributed by atoms with E-state index in [4.69, 9.17) is 0 Å². The first kappa shape index (κ1) is 11.2. The molecule has 0 radical (unpaired) electrons. The second-order valence-electron chi connectivity index (χ2n) is 2.33. The molecule has 0 N–H and O–H groups in total. The lowest BCUT2D eigenvalue weighted by molar-refractivity contribution is -0.137. The van der Waals surface area contributed by atoms with Gasteiger partial charge in [-0.2, -0.15) is 18.2 Å². The zero-order chi connectivity index (χ0) is 10.8. The lowest BCUT2D eigenvalue weighted by Crippen LogP contribution is -2.07. The minimum absolute atomic E-state index is 0.00611. The van der Waals surface area contributed by atoms with Crippen LogP contribution in [0.2, 0.25) is 0 Å². The molecule has 0 aromatic heterocycles. The molecule has 0 bridgehead atoms. The van der Waals surface area contributed by atoms with Gasteiger partial charge in [0.2, 0.25) is 6.08 Å². The van der Waals surface area contributed by atoms with Crippen molar-refractivity contribution in [3.63, 3.8) is 0 Å². The van der Waals surface area contributed by atoms with Gasteiger partial charge in [-0.3, -0.25) is 0 Å². The quantitative estimate of drug-likeness (QED) is 0.444. The van der Waals surface area contributed by atoms with E-state index in [0.717, 1.165) is 12.1 Å². The van der Waals surface area contributed by atoms with Gasteiger partial charge in [0.25, 0.3) is 0 Å². The molecule has 74 valence electrons. The van der Waals surface area contributed by atoms with Gasteiger partial charge >= 0.3 is 6.18 Å². The van der Waals surface area contributed by atoms with Crippen molar-refractivity contribution in [2.45, 2.75) is 6.18 Å². The van der Waals surface area contributed by atoms with Crippen LogP contribution in [0.1, 0.15) is 5.56 Å². The first-order valence-corrected chi connectivity index (χ1v) is 4.48. The number of isocyanates is 1. The molecule has 14 heavy (non-hydrogen) atoms. The van der Waals surface area contributed by atoms with Crippen LogP contribution in [0.3, 0.4) is 0 Å². The lowest BCUT2D eigenvalue weighted by atomic mass is 10.2. The van der Waals surface area contributed by atoms with Crippen molar-refractivity contribution in [1.82, 2.24) is 0 Å². The highest BCUT2D eigenvalue weighted by Crippen LogP contribution is 2.38. The fraction of sp³-hybridized carbons (Fsp3) is 0.125. The van der Waals surface area contributed by atoms with Crippen LogP contribution in [-0.2, 0) is 11.0 Å². The Hall–Kier alpha value is -0.880. The fourth-order valence-corrected chi connectivity index (χ4v) is 1.73. The number of alkyl halides is 3. The van der Waals surface area contributed by atoms with Crippen LogP contribution >= 0.6 is 22.6 Å². The topological polar surface area (TPSA) is 29.4 Å². The van der Waals surface area contributed by atoms with E-state index in [1.807, 2.05) is 0 Å². The molecule has 2 nitrogen and oxygen atoms in total. The van der Waals surface area contributed by atoms with Crippen LogP contribution in [0.4, 0.5) is 18.9 Å². The minimum Gasteiger partial charge on any atom is -0.211 e. The summed E-state index contributed by atoms with van der Waals surface area (Å²) in [4.78, 5) is 12.9. The summed E-state index contributed by atoms with van der Waals surface area (Å²) in [5.41, 5.74) is -1.30. The van der Waals surface area contributed by atoms with E-state index < -0.39 is 17.4 Å². The van der Waals surface area contributed by atoms with Gasteiger partial charge in [0.1, 0.15) is 0 Å². The Kier molecular flexibility index (Phi) is 3.28. The smallest absolute Gasteiger partial charge is 0.211 e. The minimum atomic E-state index is -4.51. The van der Waals surface area contributed by atoms with Gasteiger partial charge in [0.15, 0.2) is 0 Å². The van der Waals surface area contributed by atoms with E-state index in [9.17, 15) is 18.0 Å². The monoisotopic (exact) mass is 313 g/mol. The molecule has 6 heteroatoms. The van der Waals surface area contributed by atoms with Gasteiger partial charge in [-0.05, 0) is 34.7 Å². The average Bonchev–Trinajstić information content (AvgIpc) is 2.02. The Balaban J connectivity index is 3.44. The number of benzene rings is 1. The highest BCUT2D eigenvalue weighted by atomic mass is 127. The van der Waals surface area contributed by atoms with Gasteiger partial charge in [-0.15, -0.1) is 0 Å². The molecular formula is C8H3F3INO. The van der Waals surface area contributed by atoms with Gasteiger partial charge in [0, 0.05) is 3.57 Å². The number of hydrogen-bond acceptors (Lipinski definition) is 2. The zero-order valence-corrected chi connectivity index (χ0v) is 8.76. The Labute approximate surface area is 91.0 Å². The predicted octanol–water partition coefficient (Wildman–Crippen LogP) is 3.28. The molecule has 0 aliphatic rings. The highest BCUT2D eigenvalue weighted by Gasteiger charge is 2.35. The molecule has 0 saturated heterocycles.